The van der Waals surface area contributed by atoms with E-state index in [2.05, 4.69) is 15.6 Å². The topological polar surface area (TPSA) is 122 Å². The molecule has 0 aliphatic carbocycles. The van der Waals surface area contributed by atoms with Gasteiger partial charge in [-0.3, -0.25) is 19.1 Å². The average Bonchev–Trinajstić information content (AvgIpc) is 3.19. The number of H-pyrrole nitrogens is 1. The van der Waals surface area contributed by atoms with Gasteiger partial charge in [-0.2, -0.15) is 0 Å². The van der Waals surface area contributed by atoms with Crippen LogP contribution in [0.4, 0.5) is 0 Å². The van der Waals surface area contributed by atoms with Gasteiger partial charge >= 0.3 is 0 Å². The van der Waals surface area contributed by atoms with Gasteiger partial charge in [-0.05, 0) is 29.5 Å². The maximum absolute atomic E-state index is 13.3. The summed E-state index contributed by atoms with van der Waals surface area (Å²) in [6, 6.07) is 16.8. The Kier molecular flexibility index (Phi) is 8.50. The minimum absolute atomic E-state index is 0.197. The highest BCUT2D eigenvalue weighted by Crippen LogP contribution is 2.20. The molecule has 2 aromatic carbocycles. The van der Waals surface area contributed by atoms with E-state index in [9.17, 15) is 9.59 Å². The summed E-state index contributed by atoms with van der Waals surface area (Å²) in [5, 5.41) is 6.95. The van der Waals surface area contributed by atoms with Gasteiger partial charge in [0.05, 0.1) is 0 Å². The Morgan fingerprint density at radius 2 is 1.68 bits per heavy atom. The van der Waals surface area contributed by atoms with Gasteiger partial charge in [0, 0.05) is 48.0 Å². The van der Waals surface area contributed by atoms with E-state index in [0.29, 0.717) is 19.4 Å². The van der Waals surface area contributed by atoms with E-state index in [1.807, 2.05) is 74.6 Å². The maximum Gasteiger partial charge on any atom is 0.243 e. The second-order valence-electron chi connectivity index (χ2n) is 9.41. The van der Waals surface area contributed by atoms with Gasteiger partial charge in [0.1, 0.15) is 6.04 Å². The highest BCUT2D eigenvalue weighted by atomic mass is 32.2. The first-order valence-corrected chi connectivity index (χ1v) is 13.8. The first-order chi connectivity index (χ1) is 16.1. The lowest BCUT2D eigenvalue weighted by Crippen LogP contribution is -2.50. The zero-order valence-corrected chi connectivity index (χ0v) is 20.9. The lowest BCUT2D eigenvalue weighted by Gasteiger charge is -2.24. The van der Waals surface area contributed by atoms with Gasteiger partial charge in [-0.1, -0.05) is 72.0 Å². The molecule has 3 aromatic rings. The molecule has 5 N–H and O–H groups in total. The molecular weight excluding hydrogens is 446 g/mol. The second-order valence-corrected chi connectivity index (χ2v) is 11.9. The number of nitrogens with one attached hydrogen (secondary N) is 5. The number of hydrogen-bond acceptors (Lipinski definition) is 4. The second kappa shape index (κ2) is 11.3. The summed E-state index contributed by atoms with van der Waals surface area (Å²) >= 11 is 0. The summed E-state index contributed by atoms with van der Waals surface area (Å²) < 4.78 is 16.1. The lowest BCUT2D eigenvalue weighted by molar-refractivity contribution is -0.131. The van der Waals surface area contributed by atoms with E-state index in [0.717, 1.165) is 22.0 Å². The van der Waals surface area contributed by atoms with Gasteiger partial charge in [0.25, 0.3) is 0 Å². The van der Waals surface area contributed by atoms with Crippen molar-refractivity contribution >= 4 is 32.3 Å². The van der Waals surface area contributed by atoms with Crippen LogP contribution in [0, 0.1) is 21.4 Å². The van der Waals surface area contributed by atoms with Crippen LogP contribution >= 0.6 is 0 Å². The minimum Gasteiger partial charge on any atom is -0.361 e. The van der Waals surface area contributed by atoms with Crippen LogP contribution in [0.3, 0.4) is 0 Å². The van der Waals surface area contributed by atoms with Crippen molar-refractivity contribution in [3.8, 4) is 0 Å². The summed E-state index contributed by atoms with van der Waals surface area (Å²) in [5.74, 6) is -0.536. The van der Waals surface area contributed by atoms with E-state index >= 15 is 0 Å². The van der Waals surface area contributed by atoms with Gasteiger partial charge in [-0.25, -0.2) is 0 Å². The number of aromatic nitrogens is 1. The molecule has 1 aromatic heterocycles. The van der Waals surface area contributed by atoms with E-state index < -0.39 is 21.6 Å². The van der Waals surface area contributed by atoms with Crippen LogP contribution in [0.5, 0.6) is 0 Å². The first-order valence-electron chi connectivity index (χ1n) is 11.5. The van der Waals surface area contributed by atoms with Gasteiger partial charge in [0.15, 0.2) is 0 Å². The van der Waals surface area contributed by atoms with E-state index in [4.69, 9.17) is 9.56 Å². The molecule has 8 heteroatoms. The highest BCUT2D eigenvalue weighted by Gasteiger charge is 2.28. The summed E-state index contributed by atoms with van der Waals surface area (Å²) in [6.07, 6.45) is 4.38. The molecule has 0 fully saturated rings. The first kappa shape index (κ1) is 25.5. The molecule has 0 saturated heterocycles. The largest absolute Gasteiger partial charge is 0.361 e. The van der Waals surface area contributed by atoms with Crippen LogP contribution in [-0.4, -0.2) is 34.8 Å². The molecule has 1 heterocycles. The molecule has 0 bridgehead atoms. The average molecular weight is 482 g/mol. The van der Waals surface area contributed by atoms with Crippen LogP contribution in [-0.2, 0) is 32.2 Å². The predicted octanol–water partition coefficient (Wildman–Crippen LogP) is 4.48. The number of hydrogen-bond donors (Lipinski definition) is 5. The van der Waals surface area contributed by atoms with Crippen LogP contribution in [0.1, 0.15) is 31.4 Å². The highest BCUT2D eigenvalue weighted by molar-refractivity contribution is 7.92. The Bertz CT molecular complexity index is 1220. The molecule has 0 saturated carbocycles. The molecule has 2 amide bonds. The Hall–Kier alpha value is -3.13. The zero-order chi connectivity index (χ0) is 24.7. The predicted molar refractivity (Wildman–Crippen MR) is 139 cm³/mol. The molecule has 7 nitrogen and oxygen atoms in total. The number of rotatable bonds is 11. The van der Waals surface area contributed by atoms with Gasteiger partial charge in [0.2, 0.25) is 11.8 Å². The number of carbonyl (C=O) groups excluding carboxylic acids is 2. The van der Waals surface area contributed by atoms with Crippen molar-refractivity contribution in [3.63, 3.8) is 0 Å². The molecule has 182 valence electrons. The number of amides is 2. The molecule has 0 radical (unpaired) electrons. The molecule has 2 atom stereocenters. The van der Waals surface area contributed by atoms with Crippen LogP contribution in [0.2, 0.25) is 0 Å². The summed E-state index contributed by atoms with van der Waals surface area (Å²) in [5.41, 5.74) is 2.91. The normalized spacial score (nSPS) is 13.5. The number of aromatic amines is 1. The van der Waals surface area contributed by atoms with E-state index in [1.165, 1.54) is 0 Å². The van der Waals surface area contributed by atoms with Gasteiger partial charge < -0.3 is 15.6 Å². The van der Waals surface area contributed by atoms with Crippen molar-refractivity contribution in [2.24, 2.45) is 11.8 Å². The smallest absolute Gasteiger partial charge is 0.243 e. The number of para-hydroxylation sites is 1. The Balaban J connectivity index is 1.82. The Morgan fingerprint density at radius 1 is 1.00 bits per heavy atom. The maximum atomic E-state index is 13.3. The van der Waals surface area contributed by atoms with Crippen molar-refractivity contribution in [2.45, 2.75) is 39.3 Å². The monoisotopic (exact) mass is 481 g/mol. The fourth-order valence-electron chi connectivity index (χ4n) is 4.15. The number of carbonyl (C=O) groups is 2. The molecule has 34 heavy (non-hydrogen) atoms. The third-order valence-corrected chi connectivity index (χ3v) is 6.77. The Labute approximate surface area is 202 Å². The third-order valence-electron chi connectivity index (χ3n) is 5.70. The van der Waals surface area contributed by atoms with Gasteiger partial charge in [-0.15, -0.1) is 0 Å². The molecular formula is C26H35N5O2S. The number of benzene rings is 2. The molecule has 0 aliphatic heterocycles. The summed E-state index contributed by atoms with van der Waals surface area (Å²) in [7, 11) is -2.36. The minimum atomic E-state index is -2.36. The van der Waals surface area contributed by atoms with Crippen LogP contribution < -0.4 is 10.6 Å². The molecule has 1 unspecified atom stereocenters. The van der Waals surface area contributed by atoms with Crippen molar-refractivity contribution in [3.05, 3.63) is 71.9 Å². The Morgan fingerprint density at radius 3 is 2.35 bits per heavy atom. The van der Waals surface area contributed by atoms with Crippen molar-refractivity contribution in [1.82, 2.24) is 15.6 Å². The standard InChI is InChI=1S/C26H35N5O2S/c1-18(2)13-21(17-34(3,27)28)25(32)31-24(26(33)30-15-19-9-5-4-6-10-19)14-20-16-29-23-12-8-7-11-22(20)23/h4-12,16,18,21,24,27-29H,13-15,17H2,1-3H3,(H,30,33)(H,31,32)/t21?,24-/m0/s1. The van der Waals surface area contributed by atoms with Crippen molar-refractivity contribution < 1.29 is 9.59 Å². The molecule has 0 spiro atoms. The van der Waals surface area contributed by atoms with Crippen LogP contribution in [0.15, 0.2) is 60.8 Å². The van der Waals surface area contributed by atoms with Crippen molar-refractivity contribution in [2.75, 3.05) is 12.0 Å². The van der Waals surface area contributed by atoms with Crippen LogP contribution in [0.25, 0.3) is 10.9 Å². The quantitative estimate of drug-likeness (QED) is 0.277. The molecule has 0 aliphatic rings. The molecule has 3 rings (SSSR count). The third kappa shape index (κ3) is 7.45. The zero-order valence-electron chi connectivity index (χ0n) is 20.1. The summed E-state index contributed by atoms with van der Waals surface area (Å²) in [4.78, 5) is 29.8. The van der Waals surface area contributed by atoms with E-state index in [1.54, 1.807) is 6.26 Å². The van der Waals surface area contributed by atoms with E-state index in [-0.39, 0.29) is 23.5 Å². The number of fused-ring (bicyclic) bond motifs is 1. The lowest BCUT2D eigenvalue weighted by atomic mass is 9.97. The van der Waals surface area contributed by atoms with Crippen molar-refractivity contribution in [1.29, 1.82) is 9.56 Å². The summed E-state index contributed by atoms with van der Waals surface area (Å²) in [6.45, 7) is 4.42. The fourth-order valence-corrected chi connectivity index (χ4v) is 5.24. The fraction of sp³-hybridized carbons (Fsp3) is 0.385. The SMILES string of the molecule is CC(C)CC(CS(C)(=N)=N)C(=O)N[C@@H](Cc1c[nH]c2ccccc12)C(=O)NCc1ccccc1.